The molecule has 0 fully saturated rings. The van der Waals surface area contributed by atoms with Crippen LogP contribution in [0.4, 0.5) is 0 Å². The second-order valence-electron chi connectivity index (χ2n) is 1.51. The first-order valence-corrected chi connectivity index (χ1v) is 9.00. The van der Waals surface area contributed by atoms with Crippen molar-refractivity contribution in [3.05, 3.63) is 19.8 Å². The molecule has 0 aromatic heterocycles. The monoisotopic (exact) mass is 181 g/mol. The molecule has 1 radical (unpaired) electrons. The summed E-state index contributed by atoms with van der Waals surface area (Å²) in [4.78, 5) is 0. The molecule has 1 aliphatic rings. The van der Waals surface area contributed by atoms with Crippen LogP contribution in [0.1, 0.15) is 0 Å². The first-order valence-electron chi connectivity index (χ1n) is 2.15. The Hall–Kier alpha value is 0.350. The Morgan fingerprint density at radius 2 is 2.50 bits per heavy atom. The van der Waals surface area contributed by atoms with E-state index in [4.69, 9.17) is 0 Å². The summed E-state index contributed by atoms with van der Waals surface area (Å²) in [5.41, 5.74) is 0. The van der Waals surface area contributed by atoms with Gasteiger partial charge < -0.3 is 0 Å². The number of hydrogen-bond donors (Lipinski definition) is 0. The van der Waals surface area contributed by atoms with Crippen molar-refractivity contribution < 1.29 is 0 Å². The van der Waals surface area contributed by atoms with Gasteiger partial charge in [0.15, 0.2) is 0 Å². The second kappa shape index (κ2) is 1.87. The zero-order valence-electron chi connectivity index (χ0n) is 3.81. The molecule has 0 N–H and O–H groups in total. The molecule has 0 saturated heterocycles. The zero-order valence-corrected chi connectivity index (χ0v) is 7.11. The summed E-state index contributed by atoms with van der Waals surface area (Å²) in [5, 5.41) is 0. The normalized spacial score (nSPS) is 17.2. The number of allylic oxidation sites excluding steroid dienone is 2. The van der Waals surface area contributed by atoms with Gasteiger partial charge in [-0.05, 0) is 0 Å². The quantitative estimate of drug-likeness (QED) is 0.525. The van der Waals surface area contributed by atoms with Crippen molar-refractivity contribution in [3.63, 3.8) is 0 Å². The molecule has 29 valence electrons. The third-order valence-electron chi connectivity index (χ3n) is 0.855. The van der Waals surface area contributed by atoms with Gasteiger partial charge in [0, 0.05) is 0 Å². The molecule has 0 aromatic rings. The van der Waals surface area contributed by atoms with Gasteiger partial charge in [0.2, 0.25) is 0 Å². The minimum atomic E-state index is -1.10. The van der Waals surface area contributed by atoms with Crippen molar-refractivity contribution in [1.82, 2.24) is 0 Å². The third-order valence-corrected chi connectivity index (χ3v) is 5.19. The standard InChI is InChI=1S/C4H3.CH3.In/c1-3-4-2;;/h1,3-4H;1H3;. The summed E-state index contributed by atoms with van der Waals surface area (Å²) in [7, 11) is 0. The summed E-state index contributed by atoms with van der Waals surface area (Å²) in [5.74, 6) is 0. The summed E-state index contributed by atoms with van der Waals surface area (Å²) < 4.78 is 7.94. The van der Waals surface area contributed by atoms with Crippen LogP contribution in [0, 0.1) is 3.83 Å². The van der Waals surface area contributed by atoms with E-state index in [9.17, 15) is 0 Å². The van der Waals surface area contributed by atoms with E-state index in [1.165, 1.54) is 0 Å². The molecule has 0 spiro atoms. The van der Waals surface area contributed by atoms with Gasteiger partial charge in [0.1, 0.15) is 0 Å². The molecule has 6 heavy (non-hydrogen) atoms. The van der Waals surface area contributed by atoms with Gasteiger partial charge in [0.05, 0.1) is 0 Å². The van der Waals surface area contributed by atoms with Crippen LogP contribution >= 0.6 is 0 Å². The van der Waals surface area contributed by atoms with Crippen LogP contribution in [0.3, 0.4) is 0 Å². The summed E-state index contributed by atoms with van der Waals surface area (Å²) in [6.07, 6.45) is 4.15. The van der Waals surface area contributed by atoms with Crippen molar-refractivity contribution in [2.45, 2.75) is 4.68 Å². The molecule has 0 aromatic carbocycles. The number of hydrogen-bond acceptors (Lipinski definition) is 0. The molecular weight excluding hydrogens is 175 g/mol. The predicted octanol–water partition coefficient (Wildman–Crippen LogP) is 1.12. The summed E-state index contributed by atoms with van der Waals surface area (Å²) in [6.45, 7) is 0. The third kappa shape index (κ3) is 0.904. The van der Waals surface area contributed by atoms with Gasteiger partial charge in [-0.15, -0.1) is 0 Å². The van der Waals surface area contributed by atoms with Crippen LogP contribution in [0.2, 0.25) is 4.68 Å². The van der Waals surface area contributed by atoms with Crippen molar-refractivity contribution in [1.29, 1.82) is 0 Å². The van der Waals surface area contributed by atoms with Crippen LogP contribution in [0.5, 0.6) is 0 Å². The number of rotatable bonds is 0. The predicted molar refractivity (Wildman–Crippen MR) is 28.6 cm³/mol. The Morgan fingerprint density at radius 1 is 1.67 bits per heavy atom. The average molecular weight is 181 g/mol. The van der Waals surface area contributed by atoms with E-state index in [2.05, 4.69) is 18.4 Å². The van der Waals surface area contributed by atoms with E-state index < -0.39 is 21.4 Å². The molecule has 0 atom stereocenters. The minimum absolute atomic E-state index is 1.10. The topological polar surface area (TPSA) is 0 Å². The fourth-order valence-electron chi connectivity index (χ4n) is 0.485. The Kier molecular flexibility index (Phi) is 1.41. The molecule has 0 nitrogen and oxygen atoms in total. The van der Waals surface area contributed by atoms with Gasteiger partial charge >= 0.3 is 45.9 Å². The van der Waals surface area contributed by atoms with Gasteiger partial charge in [0.25, 0.3) is 0 Å². The fourth-order valence-corrected chi connectivity index (χ4v) is 3.25. The molecule has 0 bridgehead atoms. The van der Waals surface area contributed by atoms with Crippen LogP contribution < -0.4 is 0 Å². The van der Waals surface area contributed by atoms with E-state index in [-0.39, 0.29) is 0 Å². The summed E-state index contributed by atoms with van der Waals surface area (Å²) in [6, 6.07) is 0. The first kappa shape index (κ1) is 4.51. The van der Waals surface area contributed by atoms with Gasteiger partial charge in [-0.3, -0.25) is 0 Å². The maximum atomic E-state index is 3.29. The van der Waals surface area contributed by atoms with Gasteiger partial charge in [-0.25, -0.2) is 0 Å². The molecule has 1 aliphatic heterocycles. The molecular formula is C5H6In. The molecule has 0 saturated carbocycles. The maximum absolute atomic E-state index is 3.29. The van der Waals surface area contributed by atoms with Gasteiger partial charge in [-0.1, -0.05) is 0 Å². The van der Waals surface area contributed by atoms with Crippen LogP contribution in [0.25, 0.3) is 0 Å². The Morgan fingerprint density at radius 3 is 2.67 bits per heavy atom. The molecule has 0 unspecified atom stereocenters. The van der Waals surface area contributed by atoms with Gasteiger partial charge in [-0.2, -0.15) is 0 Å². The van der Waals surface area contributed by atoms with E-state index in [0.717, 1.165) is 0 Å². The van der Waals surface area contributed by atoms with Crippen LogP contribution in [-0.4, -0.2) is 21.4 Å². The zero-order chi connectivity index (χ0) is 4.41. The average Bonchev–Trinajstić information content (AvgIpc) is 1.86. The Labute approximate surface area is 46.1 Å². The van der Waals surface area contributed by atoms with E-state index in [1.807, 2.05) is 6.08 Å². The molecule has 1 rings (SSSR count). The Bertz CT molecular complexity index is 80.1. The van der Waals surface area contributed by atoms with Crippen molar-refractivity contribution in [2.24, 2.45) is 0 Å². The van der Waals surface area contributed by atoms with Crippen LogP contribution in [-0.2, 0) is 0 Å². The van der Waals surface area contributed by atoms with Crippen molar-refractivity contribution >= 4 is 21.4 Å². The van der Waals surface area contributed by atoms with E-state index in [1.54, 1.807) is 0 Å². The molecule has 1 heteroatoms. The first-order chi connectivity index (χ1) is 2.89. The van der Waals surface area contributed by atoms with E-state index in [0.29, 0.717) is 0 Å². The van der Waals surface area contributed by atoms with Crippen LogP contribution in [0.15, 0.2) is 16.0 Å². The fraction of sp³-hybridized carbons (Fsp3) is 0.200. The van der Waals surface area contributed by atoms with Crippen molar-refractivity contribution in [2.75, 3.05) is 0 Å². The molecule has 1 heterocycles. The SMILES string of the molecule is [CH3][In]1[C]=CC=[CH]1. The second-order valence-corrected chi connectivity index (χ2v) is 8.06. The molecule has 0 aliphatic carbocycles. The van der Waals surface area contributed by atoms with E-state index >= 15 is 0 Å². The summed E-state index contributed by atoms with van der Waals surface area (Å²) >= 11 is -1.10. The Balaban J connectivity index is 2.60. The molecule has 0 amide bonds. The van der Waals surface area contributed by atoms with Crippen molar-refractivity contribution in [3.8, 4) is 0 Å².